The molecule has 0 saturated carbocycles. The highest BCUT2D eigenvalue weighted by atomic mass is 32.1. The topological polar surface area (TPSA) is 38.3 Å². The molecule has 0 fully saturated rings. The first-order chi connectivity index (χ1) is 13.7. The summed E-state index contributed by atoms with van der Waals surface area (Å²) in [6.45, 7) is 3.19. The summed E-state index contributed by atoms with van der Waals surface area (Å²) in [7, 11) is 0. The zero-order valence-electron chi connectivity index (χ0n) is 16.8. The van der Waals surface area contributed by atoms with Crippen LogP contribution >= 0.6 is 11.3 Å². The fraction of sp³-hybridized carbons (Fsp3) is 0.542. The van der Waals surface area contributed by atoms with Gasteiger partial charge in [0.1, 0.15) is 5.75 Å². The van der Waals surface area contributed by atoms with Crippen LogP contribution in [0, 0.1) is 11.8 Å². The normalized spacial score (nSPS) is 19.9. The number of hydrogen-bond acceptors (Lipinski definition) is 3. The van der Waals surface area contributed by atoms with Crippen LogP contribution in [0.5, 0.6) is 5.75 Å². The van der Waals surface area contributed by atoms with Crippen LogP contribution in [0.25, 0.3) is 0 Å². The van der Waals surface area contributed by atoms with Crippen LogP contribution in [0.3, 0.4) is 0 Å². The molecule has 28 heavy (non-hydrogen) atoms. The van der Waals surface area contributed by atoms with Gasteiger partial charge in [-0.3, -0.25) is 4.79 Å². The number of rotatable bonds is 7. The van der Waals surface area contributed by atoms with Crippen molar-refractivity contribution in [3.8, 4) is 5.75 Å². The maximum atomic E-state index is 11.5. The van der Waals surface area contributed by atoms with Crippen LogP contribution in [0.15, 0.2) is 29.6 Å². The quantitative estimate of drug-likeness (QED) is 0.459. The summed E-state index contributed by atoms with van der Waals surface area (Å²) in [6.07, 6.45) is 10.3. The van der Waals surface area contributed by atoms with Gasteiger partial charge in [0, 0.05) is 23.1 Å². The second-order valence-electron chi connectivity index (χ2n) is 8.40. The molecule has 2 unspecified atom stereocenters. The molecule has 0 saturated heterocycles. The molecule has 0 bridgehead atoms. The van der Waals surface area contributed by atoms with E-state index in [-0.39, 0.29) is 5.91 Å². The lowest BCUT2D eigenvalue weighted by molar-refractivity contribution is -0.116. The predicted molar refractivity (Wildman–Crippen MR) is 116 cm³/mol. The Labute approximate surface area is 172 Å². The Kier molecular flexibility index (Phi) is 6.36. The lowest BCUT2D eigenvalue weighted by atomic mass is 9.84. The van der Waals surface area contributed by atoms with E-state index in [1.165, 1.54) is 44.1 Å². The maximum absolute atomic E-state index is 11.5. The molecule has 2 heterocycles. The van der Waals surface area contributed by atoms with Gasteiger partial charge >= 0.3 is 0 Å². The van der Waals surface area contributed by atoms with E-state index < -0.39 is 0 Å². The molecule has 0 radical (unpaired) electrons. The van der Waals surface area contributed by atoms with Gasteiger partial charge in [-0.25, -0.2) is 0 Å². The molecule has 1 aliphatic heterocycles. The number of benzene rings is 1. The van der Waals surface area contributed by atoms with Gasteiger partial charge in [0.05, 0.1) is 6.61 Å². The van der Waals surface area contributed by atoms with Crippen LogP contribution in [-0.2, 0) is 24.1 Å². The number of anilines is 1. The van der Waals surface area contributed by atoms with Crippen LogP contribution in [0.2, 0.25) is 0 Å². The third-order valence-electron chi connectivity index (χ3n) is 6.47. The highest BCUT2D eigenvalue weighted by Crippen LogP contribution is 2.33. The van der Waals surface area contributed by atoms with E-state index in [1.807, 2.05) is 23.5 Å². The van der Waals surface area contributed by atoms with Crippen LogP contribution in [0.1, 0.15) is 61.5 Å². The Morgan fingerprint density at radius 1 is 1.11 bits per heavy atom. The first kappa shape index (κ1) is 19.5. The Hall–Kier alpha value is -1.81. The average Bonchev–Trinajstić information content (AvgIpc) is 3.05. The van der Waals surface area contributed by atoms with Gasteiger partial charge < -0.3 is 10.1 Å². The number of amides is 1. The van der Waals surface area contributed by atoms with E-state index in [2.05, 4.69) is 29.8 Å². The SMILES string of the molecule is CC(CCCCOc1ccc2c(c1)NC(=O)CC2)C1CCc2ccsc2CC1. The third-order valence-corrected chi connectivity index (χ3v) is 7.49. The Bertz CT molecular complexity index is 790. The smallest absolute Gasteiger partial charge is 0.224 e. The van der Waals surface area contributed by atoms with Crippen molar-refractivity contribution in [1.82, 2.24) is 0 Å². The first-order valence-electron chi connectivity index (χ1n) is 10.8. The summed E-state index contributed by atoms with van der Waals surface area (Å²) in [5, 5.41) is 5.20. The Morgan fingerprint density at radius 2 is 2.00 bits per heavy atom. The number of carbonyl (C=O) groups excluding carboxylic acids is 1. The molecular formula is C24H31NO2S. The minimum Gasteiger partial charge on any atom is -0.494 e. The van der Waals surface area contributed by atoms with Gasteiger partial charge in [-0.05, 0) is 85.4 Å². The average molecular weight is 398 g/mol. The van der Waals surface area contributed by atoms with Crippen LogP contribution in [0.4, 0.5) is 5.69 Å². The van der Waals surface area contributed by atoms with Crippen molar-refractivity contribution in [2.45, 2.75) is 64.7 Å². The van der Waals surface area contributed by atoms with Gasteiger partial charge in [-0.1, -0.05) is 19.4 Å². The minimum atomic E-state index is 0.104. The first-order valence-corrected chi connectivity index (χ1v) is 11.7. The molecule has 1 N–H and O–H groups in total. The molecule has 1 amide bonds. The molecule has 0 spiro atoms. The molecular weight excluding hydrogens is 366 g/mol. The van der Waals surface area contributed by atoms with E-state index >= 15 is 0 Å². The molecule has 2 aliphatic rings. The van der Waals surface area contributed by atoms with Crippen molar-refractivity contribution >= 4 is 22.9 Å². The minimum absolute atomic E-state index is 0.104. The highest BCUT2D eigenvalue weighted by Gasteiger charge is 2.21. The van der Waals surface area contributed by atoms with E-state index in [0.717, 1.165) is 42.7 Å². The predicted octanol–water partition coefficient (Wildman–Crippen LogP) is 6.01. The highest BCUT2D eigenvalue weighted by molar-refractivity contribution is 7.10. The lowest BCUT2D eigenvalue weighted by Gasteiger charge is -2.22. The summed E-state index contributed by atoms with van der Waals surface area (Å²) >= 11 is 1.94. The van der Waals surface area contributed by atoms with Gasteiger partial charge in [0.2, 0.25) is 5.91 Å². The van der Waals surface area contributed by atoms with Crippen molar-refractivity contribution in [1.29, 1.82) is 0 Å². The summed E-state index contributed by atoms with van der Waals surface area (Å²) < 4.78 is 5.94. The number of aryl methyl sites for hydroxylation is 3. The van der Waals surface area contributed by atoms with Crippen molar-refractivity contribution in [3.63, 3.8) is 0 Å². The van der Waals surface area contributed by atoms with E-state index in [9.17, 15) is 4.79 Å². The zero-order valence-corrected chi connectivity index (χ0v) is 17.7. The van der Waals surface area contributed by atoms with E-state index in [4.69, 9.17) is 4.74 Å². The van der Waals surface area contributed by atoms with Crippen molar-refractivity contribution in [2.24, 2.45) is 11.8 Å². The van der Waals surface area contributed by atoms with Crippen molar-refractivity contribution in [2.75, 3.05) is 11.9 Å². The van der Waals surface area contributed by atoms with E-state index in [1.54, 1.807) is 10.4 Å². The molecule has 1 aliphatic carbocycles. The van der Waals surface area contributed by atoms with Gasteiger partial charge in [0.15, 0.2) is 0 Å². The molecule has 2 atom stereocenters. The summed E-state index contributed by atoms with van der Waals surface area (Å²) in [5.74, 6) is 2.63. The van der Waals surface area contributed by atoms with Crippen molar-refractivity contribution in [3.05, 3.63) is 45.6 Å². The van der Waals surface area contributed by atoms with Gasteiger partial charge in [-0.2, -0.15) is 0 Å². The third kappa shape index (κ3) is 4.78. The second-order valence-corrected chi connectivity index (χ2v) is 9.40. The summed E-state index contributed by atoms with van der Waals surface area (Å²) in [6, 6.07) is 8.41. The van der Waals surface area contributed by atoms with Crippen LogP contribution in [-0.4, -0.2) is 12.5 Å². The molecule has 4 rings (SSSR count). The fourth-order valence-electron chi connectivity index (χ4n) is 4.61. The summed E-state index contributed by atoms with van der Waals surface area (Å²) in [5.41, 5.74) is 3.73. The fourth-order valence-corrected chi connectivity index (χ4v) is 5.57. The van der Waals surface area contributed by atoms with Gasteiger partial charge in [-0.15, -0.1) is 11.3 Å². The standard InChI is InChI=1S/C24H31NO2S/c1-17(18-5-6-20-13-15-28-23(20)11-8-18)4-2-3-14-27-21-10-7-19-9-12-24(26)25-22(19)16-21/h7,10,13,15-18H,2-6,8-9,11-12,14H2,1H3,(H,25,26). The Balaban J connectivity index is 1.16. The number of ether oxygens (including phenoxy) is 1. The number of hydrogen-bond donors (Lipinski definition) is 1. The molecule has 2 aromatic rings. The van der Waals surface area contributed by atoms with Crippen LogP contribution < -0.4 is 10.1 Å². The molecule has 150 valence electrons. The zero-order chi connectivity index (χ0) is 19.3. The molecule has 1 aromatic heterocycles. The number of unbranched alkanes of at least 4 members (excludes halogenated alkanes) is 1. The number of thiophene rings is 1. The monoisotopic (exact) mass is 397 g/mol. The number of carbonyl (C=O) groups is 1. The maximum Gasteiger partial charge on any atom is 0.224 e. The van der Waals surface area contributed by atoms with Crippen molar-refractivity contribution < 1.29 is 9.53 Å². The second kappa shape index (κ2) is 9.13. The molecule has 3 nitrogen and oxygen atoms in total. The molecule has 4 heteroatoms. The van der Waals surface area contributed by atoms with Gasteiger partial charge in [0.25, 0.3) is 0 Å². The van der Waals surface area contributed by atoms with E-state index in [0.29, 0.717) is 6.42 Å². The number of nitrogens with one attached hydrogen (secondary N) is 1. The largest absolute Gasteiger partial charge is 0.494 e. The Morgan fingerprint density at radius 3 is 2.93 bits per heavy atom. The number of fused-ring (bicyclic) bond motifs is 2. The lowest BCUT2D eigenvalue weighted by Crippen LogP contribution is -2.18. The molecule has 1 aromatic carbocycles. The summed E-state index contributed by atoms with van der Waals surface area (Å²) in [4.78, 5) is 13.2.